The topological polar surface area (TPSA) is 64.8 Å². The average molecular weight is 326 g/mol. The summed E-state index contributed by atoms with van der Waals surface area (Å²) in [6.45, 7) is 3.39. The maximum Gasteiger partial charge on any atom is 0.265 e. The van der Waals surface area contributed by atoms with Crippen molar-refractivity contribution in [1.29, 1.82) is 0 Å². The highest BCUT2D eigenvalue weighted by Gasteiger charge is 2.25. The molecule has 5 nitrogen and oxygen atoms in total. The molecular formula is C19H22N2O3. The number of nitrogens with two attached hydrogens (primary N) is 1. The van der Waals surface area contributed by atoms with Gasteiger partial charge in [0.15, 0.2) is 6.61 Å². The second-order valence-electron chi connectivity index (χ2n) is 5.93. The number of rotatable bonds is 6. The monoisotopic (exact) mass is 326 g/mol. The number of carbonyl (C=O) groups excluding carboxylic acids is 1. The second kappa shape index (κ2) is 7.25. The Kier molecular flexibility index (Phi) is 4.89. The van der Waals surface area contributed by atoms with Gasteiger partial charge in [0.1, 0.15) is 11.5 Å². The summed E-state index contributed by atoms with van der Waals surface area (Å²) in [5.41, 5.74) is 8.39. The van der Waals surface area contributed by atoms with Gasteiger partial charge < -0.3 is 20.1 Å². The number of aryl methyl sites for hydroxylation is 1. The van der Waals surface area contributed by atoms with Crippen LogP contribution in [0, 0.1) is 6.92 Å². The second-order valence-corrected chi connectivity index (χ2v) is 5.93. The fourth-order valence-corrected chi connectivity index (χ4v) is 2.73. The molecule has 0 fully saturated rings. The molecule has 3 rings (SSSR count). The van der Waals surface area contributed by atoms with Crippen LogP contribution in [-0.2, 0) is 4.79 Å². The minimum absolute atomic E-state index is 0.0345. The number of fused-ring (bicyclic) bond motifs is 1. The number of hydrogen-bond donors (Lipinski definition) is 1. The van der Waals surface area contributed by atoms with Crippen LogP contribution in [0.1, 0.15) is 18.4 Å². The first-order valence-electron chi connectivity index (χ1n) is 8.15. The zero-order chi connectivity index (χ0) is 16.9. The van der Waals surface area contributed by atoms with Crippen LogP contribution in [0.5, 0.6) is 11.5 Å². The van der Waals surface area contributed by atoms with Crippen LogP contribution in [0.2, 0.25) is 0 Å². The molecule has 1 amide bonds. The van der Waals surface area contributed by atoms with E-state index in [0.717, 1.165) is 24.3 Å². The Morgan fingerprint density at radius 1 is 1.21 bits per heavy atom. The number of amides is 1. The van der Waals surface area contributed by atoms with Gasteiger partial charge in [-0.05, 0) is 55.7 Å². The van der Waals surface area contributed by atoms with Crippen LogP contribution >= 0.6 is 0 Å². The Morgan fingerprint density at radius 3 is 2.92 bits per heavy atom. The lowest BCUT2D eigenvalue weighted by molar-refractivity contribution is -0.121. The van der Waals surface area contributed by atoms with Gasteiger partial charge in [0.25, 0.3) is 5.91 Å². The summed E-state index contributed by atoms with van der Waals surface area (Å²) < 4.78 is 11.2. The lowest BCUT2D eigenvalue weighted by atomic mass is 10.2. The SMILES string of the molecule is Cc1cccc(OCCCCN2C(=O)COc3ccc(N)cc32)c1. The van der Waals surface area contributed by atoms with Crippen LogP contribution in [0.3, 0.4) is 0 Å². The molecule has 126 valence electrons. The molecule has 0 atom stereocenters. The van der Waals surface area contributed by atoms with Crippen LogP contribution in [-0.4, -0.2) is 25.7 Å². The van der Waals surface area contributed by atoms with Gasteiger partial charge in [-0.2, -0.15) is 0 Å². The van der Waals surface area contributed by atoms with E-state index in [-0.39, 0.29) is 12.5 Å². The summed E-state index contributed by atoms with van der Waals surface area (Å²) in [6.07, 6.45) is 1.72. The van der Waals surface area contributed by atoms with Gasteiger partial charge in [0.05, 0.1) is 12.3 Å². The van der Waals surface area contributed by atoms with Gasteiger partial charge in [0, 0.05) is 12.2 Å². The van der Waals surface area contributed by atoms with Crippen molar-refractivity contribution in [3.8, 4) is 11.5 Å². The van der Waals surface area contributed by atoms with Crippen molar-refractivity contribution < 1.29 is 14.3 Å². The van der Waals surface area contributed by atoms with Crippen molar-refractivity contribution >= 4 is 17.3 Å². The summed E-state index contributed by atoms with van der Waals surface area (Å²) in [5, 5.41) is 0. The first-order valence-corrected chi connectivity index (χ1v) is 8.15. The van der Waals surface area contributed by atoms with Crippen molar-refractivity contribution in [2.24, 2.45) is 0 Å². The minimum Gasteiger partial charge on any atom is -0.494 e. The number of hydrogen-bond acceptors (Lipinski definition) is 4. The number of ether oxygens (including phenoxy) is 2. The summed E-state index contributed by atoms with van der Waals surface area (Å²) in [7, 11) is 0. The number of nitrogens with zero attached hydrogens (tertiary/aromatic N) is 1. The van der Waals surface area contributed by atoms with E-state index in [2.05, 4.69) is 0 Å². The lowest BCUT2D eigenvalue weighted by Crippen LogP contribution is -2.39. The number of nitrogen functional groups attached to an aromatic ring is 1. The number of benzene rings is 2. The third kappa shape index (κ3) is 3.79. The molecule has 1 aliphatic rings. The molecule has 0 bridgehead atoms. The molecule has 0 aliphatic carbocycles. The van der Waals surface area contributed by atoms with E-state index >= 15 is 0 Å². The fourth-order valence-electron chi connectivity index (χ4n) is 2.73. The van der Waals surface area contributed by atoms with Gasteiger partial charge in [-0.3, -0.25) is 4.79 Å². The predicted octanol–water partition coefficient (Wildman–Crippen LogP) is 3.16. The lowest BCUT2D eigenvalue weighted by Gasteiger charge is -2.29. The molecule has 0 aromatic heterocycles. The molecule has 2 aromatic rings. The summed E-state index contributed by atoms with van der Waals surface area (Å²) >= 11 is 0. The normalized spacial score (nSPS) is 13.4. The van der Waals surface area contributed by atoms with Crippen molar-refractivity contribution in [1.82, 2.24) is 0 Å². The quantitative estimate of drug-likeness (QED) is 0.654. The third-order valence-corrected chi connectivity index (χ3v) is 3.96. The highest BCUT2D eigenvalue weighted by Crippen LogP contribution is 2.33. The van der Waals surface area contributed by atoms with Gasteiger partial charge >= 0.3 is 0 Å². The molecule has 1 aliphatic heterocycles. The molecular weight excluding hydrogens is 304 g/mol. The standard InChI is InChI=1S/C19H22N2O3/c1-14-5-4-6-16(11-14)23-10-3-2-9-21-17-12-15(20)7-8-18(17)24-13-19(21)22/h4-8,11-12H,2-3,9-10,13,20H2,1H3. The molecule has 2 N–H and O–H groups in total. The van der Waals surface area contributed by atoms with E-state index in [1.807, 2.05) is 37.3 Å². The molecule has 5 heteroatoms. The molecule has 24 heavy (non-hydrogen) atoms. The van der Waals surface area contributed by atoms with Crippen LogP contribution in [0.4, 0.5) is 11.4 Å². The summed E-state index contributed by atoms with van der Waals surface area (Å²) in [6, 6.07) is 13.4. The van der Waals surface area contributed by atoms with Crippen molar-refractivity contribution in [3.05, 3.63) is 48.0 Å². The van der Waals surface area contributed by atoms with Gasteiger partial charge in [-0.25, -0.2) is 0 Å². The molecule has 0 spiro atoms. The predicted molar refractivity (Wildman–Crippen MR) is 94.6 cm³/mol. The van der Waals surface area contributed by atoms with Crippen LogP contribution in [0.25, 0.3) is 0 Å². The molecule has 0 saturated heterocycles. The average Bonchev–Trinajstić information content (AvgIpc) is 2.56. The van der Waals surface area contributed by atoms with Crippen molar-refractivity contribution in [2.75, 3.05) is 30.4 Å². The number of anilines is 2. The van der Waals surface area contributed by atoms with Gasteiger partial charge in [-0.1, -0.05) is 12.1 Å². The zero-order valence-corrected chi connectivity index (χ0v) is 13.8. The van der Waals surface area contributed by atoms with E-state index in [0.29, 0.717) is 24.6 Å². The molecule has 0 radical (unpaired) electrons. The molecule has 0 unspecified atom stereocenters. The van der Waals surface area contributed by atoms with E-state index in [9.17, 15) is 4.79 Å². The molecule has 2 aromatic carbocycles. The van der Waals surface area contributed by atoms with Gasteiger partial charge in [-0.15, -0.1) is 0 Å². The Labute approximate surface area is 142 Å². The number of carbonyl (C=O) groups is 1. The van der Waals surface area contributed by atoms with Crippen LogP contribution in [0.15, 0.2) is 42.5 Å². The maximum atomic E-state index is 12.1. The zero-order valence-electron chi connectivity index (χ0n) is 13.8. The van der Waals surface area contributed by atoms with E-state index in [1.54, 1.807) is 17.0 Å². The Morgan fingerprint density at radius 2 is 2.08 bits per heavy atom. The smallest absolute Gasteiger partial charge is 0.265 e. The molecule has 0 saturated carbocycles. The Hall–Kier alpha value is -2.69. The molecule has 1 heterocycles. The Bertz CT molecular complexity index is 730. The van der Waals surface area contributed by atoms with E-state index in [1.165, 1.54) is 5.56 Å². The third-order valence-electron chi connectivity index (χ3n) is 3.96. The highest BCUT2D eigenvalue weighted by atomic mass is 16.5. The van der Waals surface area contributed by atoms with Crippen molar-refractivity contribution in [2.45, 2.75) is 19.8 Å². The first kappa shape index (κ1) is 16.2. The summed E-state index contributed by atoms with van der Waals surface area (Å²) in [4.78, 5) is 13.9. The van der Waals surface area contributed by atoms with E-state index < -0.39 is 0 Å². The first-order chi connectivity index (χ1) is 11.6. The van der Waals surface area contributed by atoms with E-state index in [4.69, 9.17) is 15.2 Å². The largest absolute Gasteiger partial charge is 0.494 e. The van der Waals surface area contributed by atoms with Crippen LogP contribution < -0.4 is 20.1 Å². The number of unbranched alkanes of at least 4 members (excludes halogenated alkanes) is 1. The van der Waals surface area contributed by atoms with Crippen molar-refractivity contribution in [3.63, 3.8) is 0 Å². The minimum atomic E-state index is -0.0345. The maximum absolute atomic E-state index is 12.1. The van der Waals surface area contributed by atoms with Gasteiger partial charge in [0.2, 0.25) is 0 Å². The Balaban J connectivity index is 1.51. The summed E-state index contributed by atoms with van der Waals surface area (Å²) in [5.74, 6) is 1.56. The highest BCUT2D eigenvalue weighted by molar-refractivity contribution is 5.98. The fraction of sp³-hybridized carbons (Fsp3) is 0.316.